The summed E-state index contributed by atoms with van der Waals surface area (Å²) < 4.78 is 51.5. The van der Waals surface area contributed by atoms with Gasteiger partial charge in [-0.2, -0.15) is 0 Å². The molecular formula is C30H34F3N5O4S. The van der Waals surface area contributed by atoms with E-state index in [1.165, 1.54) is 17.4 Å². The van der Waals surface area contributed by atoms with E-state index in [-0.39, 0.29) is 24.6 Å². The van der Waals surface area contributed by atoms with E-state index in [1.54, 1.807) is 42.5 Å². The molecule has 3 aliphatic heterocycles. The number of benzene rings is 1. The lowest BCUT2D eigenvalue weighted by Crippen LogP contribution is -2.49. The Kier molecular flexibility index (Phi) is 8.07. The van der Waals surface area contributed by atoms with Crippen LogP contribution in [0.3, 0.4) is 0 Å². The quantitative estimate of drug-likeness (QED) is 0.407. The number of nitrogens with one attached hydrogen (secondary N) is 1. The maximum absolute atomic E-state index is 15.7. The van der Waals surface area contributed by atoms with Crippen molar-refractivity contribution in [3.05, 3.63) is 63.0 Å². The molecule has 4 aliphatic rings. The predicted octanol–water partition coefficient (Wildman–Crippen LogP) is 4.00. The molecule has 3 fully saturated rings. The molecule has 1 aromatic heterocycles. The van der Waals surface area contributed by atoms with Crippen LogP contribution >= 0.6 is 11.3 Å². The SMILES string of the molecule is CCOC(=O)C1=C(CN2CC(F)(F)C3C2CCN3CC2CC(C(=O)O)C2)NC(c2nccs2)=N[C@H]1c1cccc(F)c1C. The standard InChI is InChI=1S/C30H34F3N5O4S/c1-3-42-29(41)23-21(35-26(27-34-8-10-43-27)36-24(23)19-5-4-6-20(31)16(19)2)14-38-15-30(32,33)25-22(38)7-9-37(25)13-17-11-18(12-17)28(39)40/h4-6,8,10,17-18,22,24-25H,3,7,9,11-15H2,1-2H3,(H,35,36)(H,39,40)/t17?,18?,22?,24-,25?/m0/s1. The van der Waals surface area contributed by atoms with Gasteiger partial charge in [0.1, 0.15) is 11.9 Å². The Labute approximate surface area is 251 Å². The first-order chi connectivity index (χ1) is 20.6. The highest BCUT2D eigenvalue weighted by molar-refractivity contribution is 7.11. The lowest BCUT2D eigenvalue weighted by atomic mass is 9.74. The van der Waals surface area contributed by atoms with Crippen molar-refractivity contribution in [2.45, 2.75) is 57.2 Å². The first-order valence-corrected chi connectivity index (χ1v) is 15.4. The zero-order chi connectivity index (χ0) is 30.5. The number of ether oxygens (including phenoxy) is 1. The zero-order valence-electron chi connectivity index (χ0n) is 23.9. The molecular weight excluding hydrogens is 583 g/mol. The van der Waals surface area contributed by atoms with Gasteiger partial charge in [-0.3, -0.25) is 19.6 Å². The van der Waals surface area contributed by atoms with Crippen molar-refractivity contribution in [2.24, 2.45) is 16.8 Å². The van der Waals surface area contributed by atoms with Gasteiger partial charge in [0.25, 0.3) is 5.92 Å². The Morgan fingerprint density at radius 1 is 1.26 bits per heavy atom. The molecule has 13 heteroatoms. The summed E-state index contributed by atoms with van der Waals surface area (Å²) in [6.45, 7) is 3.86. The highest BCUT2D eigenvalue weighted by Crippen LogP contribution is 2.45. The number of aromatic nitrogens is 1. The van der Waals surface area contributed by atoms with Crippen LogP contribution in [0.1, 0.15) is 48.4 Å². The molecule has 1 aromatic carbocycles. The number of likely N-dealkylation sites (tertiary alicyclic amines) is 2. The van der Waals surface area contributed by atoms with Crippen LogP contribution in [0.2, 0.25) is 0 Å². The summed E-state index contributed by atoms with van der Waals surface area (Å²) in [7, 11) is 0. The number of carbonyl (C=O) groups is 2. The van der Waals surface area contributed by atoms with Gasteiger partial charge >= 0.3 is 11.9 Å². The summed E-state index contributed by atoms with van der Waals surface area (Å²) in [5.41, 5.74) is 1.35. The molecule has 2 unspecified atom stereocenters. The number of hydrogen-bond donors (Lipinski definition) is 2. The number of hydrogen-bond acceptors (Lipinski definition) is 9. The average molecular weight is 618 g/mol. The number of halogens is 3. The first kappa shape index (κ1) is 29.8. The molecule has 2 aromatic rings. The topological polar surface area (TPSA) is 107 Å². The minimum absolute atomic E-state index is 0.0124. The molecule has 0 spiro atoms. The second-order valence-corrected chi connectivity index (χ2v) is 12.6. The van der Waals surface area contributed by atoms with Crippen molar-refractivity contribution in [2.75, 3.05) is 32.8 Å². The largest absolute Gasteiger partial charge is 0.481 e. The third kappa shape index (κ3) is 5.58. The van der Waals surface area contributed by atoms with E-state index < -0.39 is 54.3 Å². The van der Waals surface area contributed by atoms with Crippen LogP contribution in [0, 0.1) is 24.6 Å². The molecule has 43 heavy (non-hydrogen) atoms. The Hall–Kier alpha value is -3.29. The van der Waals surface area contributed by atoms with Gasteiger partial charge in [-0.15, -0.1) is 11.3 Å². The van der Waals surface area contributed by atoms with Gasteiger partial charge in [-0.25, -0.2) is 22.9 Å². The van der Waals surface area contributed by atoms with Crippen molar-refractivity contribution in [3.63, 3.8) is 0 Å². The highest BCUT2D eigenvalue weighted by atomic mass is 32.1. The van der Waals surface area contributed by atoms with Gasteiger partial charge in [-0.1, -0.05) is 12.1 Å². The number of nitrogens with zero attached hydrogens (tertiary/aromatic N) is 4. The van der Waals surface area contributed by atoms with Crippen LogP contribution in [0.25, 0.3) is 0 Å². The fourth-order valence-electron chi connectivity index (χ4n) is 7.01. The number of aliphatic carboxylic acids is 1. The number of carboxylic acid groups (broad SMARTS) is 1. The van der Waals surface area contributed by atoms with Crippen molar-refractivity contribution >= 4 is 29.1 Å². The van der Waals surface area contributed by atoms with Gasteiger partial charge in [0.2, 0.25) is 0 Å². The van der Waals surface area contributed by atoms with Gasteiger partial charge in [0, 0.05) is 43.0 Å². The second kappa shape index (κ2) is 11.7. The van der Waals surface area contributed by atoms with Crippen LogP contribution in [0.4, 0.5) is 13.2 Å². The number of thiazole rings is 1. The molecule has 3 atom stereocenters. The lowest BCUT2D eigenvalue weighted by Gasteiger charge is -2.38. The van der Waals surface area contributed by atoms with Crippen molar-refractivity contribution < 1.29 is 32.6 Å². The Morgan fingerprint density at radius 3 is 2.74 bits per heavy atom. The van der Waals surface area contributed by atoms with Crippen LogP contribution in [0.15, 0.2) is 46.0 Å². The van der Waals surface area contributed by atoms with E-state index in [2.05, 4.69) is 10.3 Å². The van der Waals surface area contributed by atoms with Crippen LogP contribution in [-0.4, -0.2) is 88.5 Å². The Morgan fingerprint density at radius 2 is 2.05 bits per heavy atom. The molecule has 6 rings (SSSR count). The Balaban J connectivity index is 1.32. The van der Waals surface area contributed by atoms with Crippen molar-refractivity contribution in [1.29, 1.82) is 0 Å². The van der Waals surface area contributed by atoms with Crippen molar-refractivity contribution in [1.82, 2.24) is 20.1 Å². The maximum atomic E-state index is 15.7. The number of rotatable bonds is 9. The monoisotopic (exact) mass is 617 g/mol. The summed E-state index contributed by atoms with van der Waals surface area (Å²) in [6, 6.07) is 2.21. The van der Waals surface area contributed by atoms with Gasteiger partial charge in [0.05, 0.1) is 30.7 Å². The molecule has 1 aliphatic carbocycles. The molecule has 0 radical (unpaired) electrons. The average Bonchev–Trinajstić information content (AvgIpc) is 3.66. The van der Waals surface area contributed by atoms with Gasteiger partial charge < -0.3 is 15.2 Å². The van der Waals surface area contributed by atoms with Crippen LogP contribution < -0.4 is 5.32 Å². The molecule has 2 saturated heterocycles. The maximum Gasteiger partial charge on any atom is 0.338 e. The molecule has 4 heterocycles. The van der Waals surface area contributed by atoms with Gasteiger partial charge in [-0.05, 0) is 56.2 Å². The van der Waals surface area contributed by atoms with E-state index in [1.807, 2.05) is 4.90 Å². The predicted molar refractivity (Wildman–Crippen MR) is 153 cm³/mol. The fourth-order valence-corrected chi connectivity index (χ4v) is 7.60. The summed E-state index contributed by atoms with van der Waals surface area (Å²) in [4.78, 5) is 37.4. The number of amidine groups is 1. The number of fused-ring (bicyclic) bond motifs is 1. The minimum atomic E-state index is -3.00. The van der Waals surface area contributed by atoms with E-state index in [0.717, 1.165) is 0 Å². The number of esters is 1. The molecule has 230 valence electrons. The number of carboxylic acids is 1. The fraction of sp³-hybridized carbons (Fsp3) is 0.533. The summed E-state index contributed by atoms with van der Waals surface area (Å²) in [5.74, 6) is -4.84. The zero-order valence-corrected chi connectivity index (χ0v) is 24.7. The number of alkyl halides is 2. The van der Waals surface area contributed by atoms with E-state index in [4.69, 9.17) is 9.73 Å². The highest BCUT2D eigenvalue weighted by Gasteiger charge is 2.60. The third-order valence-electron chi connectivity index (χ3n) is 9.08. The summed E-state index contributed by atoms with van der Waals surface area (Å²) in [5, 5.41) is 14.8. The number of aliphatic imine (C=N–C) groups is 1. The van der Waals surface area contributed by atoms with Gasteiger partial charge in [0.15, 0.2) is 10.8 Å². The molecule has 1 saturated carbocycles. The molecule has 0 amide bonds. The molecule has 0 bridgehead atoms. The van der Waals surface area contributed by atoms with Crippen LogP contribution in [0.5, 0.6) is 0 Å². The van der Waals surface area contributed by atoms with E-state index in [0.29, 0.717) is 60.0 Å². The normalized spacial score (nSPS) is 28.7. The Bertz CT molecular complexity index is 1460. The van der Waals surface area contributed by atoms with E-state index in [9.17, 15) is 19.1 Å². The van der Waals surface area contributed by atoms with E-state index >= 15 is 8.78 Å². The van der Waals surface area contributed by atoms with Crippen LogP contribution in [-0.2, 0) is 14.3 Å². The third-order valence-corrected chi connectivity index (χ3v) is 9.86. The first-order valence-electron chi connectivity index (χ1n) is 14.6. The minimum Gasteiger partial charge on any atom is -0.481 e. The smallest absolute Gasteiger partial charge is 0.338 e. The lowest BCUT2D eigenvalue weighted by molar-refractivity contribution is -0.147. The number of carbonyl (C=O) groups excluding carboxylic acids is 1. The summed E-state index contributed by atoms with van der Waals surface area (Å²) in [6.07, 6.45) is 3.17. The summed E-state index contributed by atoms with van der Waals surface area (Å²) >= 11 is 1.34. The molecule has 2 N–H and O–H groups in total. The molecule has 9 nitrogen and oxygen atoms in total. The van der Waals surface area contributed by atoms with Crippen molar-refractivity contribution in [3.8, 4) is 0 Å². The second-order valence-electron chi connectivity index (χ2n) is 11.7.